The normalized spacial score (nSPS) is 15.7. The predicted molar refractivity (Wildman–Crippen MR) is 101 cm³/mol. The number of benzene rings is 2. The summed E-state index contributed by atoms with van der Waals surface area (Å²) < 4.78 is 11.4. The van der Waals surface area contributed by atoms with Crippen LogP contribution in [0.5, 0.6) is 11.5 Å². The Kier molecular flexibility index (Phi) is 3.23. The first-order valence-electron chi connectivity index (χ1n) is 7.71. The lowest BCUT2D eigenvalue weighted by molar-refractivity contribution is 0.401. The van der Waals surface area contributed by atoms with Crippen molar-refractivity contribution in [1.29, 1.82) is 0 Å². The summed E-state index contributed by atoms with van der Waals surface area (Å²) in [7, 11) is 0. The zero-order chi connectivity index (χ0) is 17.1. The molecule has 5 rings (SSSR count). The van der Waals surface area contributed by atoms with Gasteiger partial charge in [-0.2, -0.15) is 0 Å². The van der Waals surface area contributed by atoms with Gasteiger partial charge in [0.2, 0.25) is 5.75 Å². The van der Waals surface area contributed by atoms with E-state index in [1.807, 2.05) is 6.07 Å². The maximum Gasteiger partial charge on any atom is 0.348 e. The summed E-state index contributed by atoms with van der Waals surface area (Å²) in [5.74, 6) is 1.38. The fraction of sp³-hybridized carbons (Fsp3) is 0.167. The molecule has 0 atom stereocenters. The molecule has 1 aliphatic rings. The maximum atomic E-state index is 12.6. The van der Waals surface area contributed by atoms with Gasteiger partial charge in [-0.1, -0.05) is 12.1 Å². The predicted octanol–water partition coefficient (Wildman–Crippen LogP) is 4.58. The Hall–Kier alpha value is -2.25. The summed E-state index contributed by atoms with van der Waals surface area (Å²) in [6.45, 7) is 0. The number of hydrogen-bond donors (Lipinski definition) is 2. The molecule has 4 aromatic rings. The molecule has 0 spiro atoms. The molecule has 2 N–H and O–H groups in total. The molecule has 0 amide bonds. The lowest BCUT2D eigenvalue weighted by Crippen LogP contribution is -1.99. The smallest absolute Gasteiger partial charge is 0.348 e. The minimum absolute atomic E-state index is 0.0701. The van der Waals surface area contributed by atoms with Gasteiger partial charge in [0.15, 0.2) is 16.9 Å². The quantitative estimate of drug-likeness (QED) is 0.374. The van der Waals surface area contributed by atoms with Crippen molar-refractivity contribution in [3.05, 3.63) is 46.3 Å². The molecule has 5 nitrogen and oxygen atoms in total. The molecule has 0 aliphatic carbocycles. The minimum Gasteiger partial charge on any atom is -0.504 e. The SMILES string of the molecule is O=c1oc2ccccc2c2oc3c(O)c(O)cc(C4SCCS4)c3c12. The van der Waals surface area contributed by atoms with Crippen molar-refractivity contribution >= 4 is 56.4 Å². The van der Waals surface area contributed by atoms with E-state index < -0.39 is 5.63 Å². The molecular formula is C18H12O5S2. The second-order valence-corrected chi connectivity index (χ2v) is 8.53. The summed E-state index contributed by atoms with van der Waals surface area (Å²) in [5, 5.41) is 21.9. The summed E-state index contributed by atoms with van der Waals surface area (Å²) in [6, 6.07) is 8.64. The molecule has 1 saturated heterocycles. The van der Waals surface area contributed by atoms with E-state index >= 15 is 0 Å². The first-order valence-corrected chi connectivity index (χ1v) is 9.81. The second-order valence-electron chi connectivity index (χ2n) is 5.80. The summed E-state index contributed by atoms with van der Waals surface area (Å²) in [6.07, 6.45) is 0. The third-order valence-electron chi connectivity index (χ3n) is 4.36. The topological polar surface area (TPSA) is 83.8 Å². The minimum atomic E-state index is -0.508. The molecule has 2 aromatic heterocycles. The Morgan fingerprint density at radius 3 is 2.56 bits per heavy atom. The third kappa shape index (κ3) is 2.09. The van der Waals surface area contributed by atoms with Gasteiger partial charge in [-0.25, -0.2) is 4.79 Å². The number of furan rings is 1. The number of thioether (sulfide) groups is 2. The van der Waals surface area contributed by atoms with Gasteiger partial charge in [-0.05, 0) is 23.8 Å². The van der Waals surface area contributed by atoms with Gasteiger partial charge in [0.05, 0.1) is 9.97 Å². The van der Waals surface area contributed by atoms with Crippen LogP contribution < -0.4 is 5.63 Å². The van der Waals surface area contributed by atoms with Gasteiger partial charge in [0.25, 0.3) is 0 Å². The summed E-state index contributed by atoms with van der Waals surface area (Å²) in [4.78, 5) is 12.6. The van der Waals surface area contributed by atoms with Crippen LogP contribution in [0.1, 0.15) is 10.1 Å². The van der Waals surface area contributed by atoms with Crippen LogP contribution in [-0.4, -0.2) is 21.7 Å². The van der Waals surface area contributed by atoms with Gasteiger partial charge >= 0.3 is 5.63 Å². The van der Waals surface area contributed by atoms with Crippen molar-refractivity contribution in [3.63, 3.8) is 0 Å². The molecule has 25 heavy (non-hydrogen) atoms. The Morgan fingerprint density at radius 1 is 1.00 bits per heavy atom. The number of rotatable bonds is 1. The molecule has 7 heteroatoms. The van der Waals surface area contributed by atoms with Gasteiger partial charge in [-0.15, -0.1) is 23.5 Å². The second kappa shape index (κ2) is 5.37. The highest BCUT2D eigenvalue weighted by Gasteiger charge is 2.28. The molecule has 0 saturated carbocycles. The third-order valence-corrected chi connectivity index (χ3v) is 7.43. The van der Waals surface area contributed by atoms with E-state index in [0.717, 1.165) is 17.1 Å². The van der Waals surface area contributed by atoms with Crippen molar-refractivity contribution in [1.82, 2.24) is 0 Å². The van der Waals surface area contributed by atoms with Crippen LogP contribution in [0.25, 0.3) is 32.9 Å². The van der Waals surface area contributed by atoms with Crippen LogP contribution in [0, 0.1) is 0 Å². The lowest BCUT2D eigenvalue weighted by Gasteiger charge is -2.11. The van der Waals surface area contributed by atoms with Crippen LogP contribution in [0.3, 0.4) is 0 Å². The van der Waals surface area contributed by atoms with Crippen molar-refractivity contribution in [2.75, 3.05) is 11.5 Å². The molecule has 1 aliphatic heterocycles. The first kappa shape index (κ1) is 15.0. The monoisotopic (exact) mass is 372 g/mol. The molecule has 2 aromatic carbocycles. The molecular weight excluding hydrogens is 360 g/mol. The van der Waals surface area contributed by atoms with Gasteiger partial charge in [-0.3, -0.25) is 0 Å². The molecule has 0 radical (unpaired) electrons. The molecule has 3 heterocycles. The molecule has 1 fully saturated rings. The largest absolute Gasteiger partial charge is 0.504 e. The van der Waals surface area contributed by atoms with E-state index in [9.17, 15) is 15.0 Å². The van der Waals surface area contributed by atoms with E-state index in [-0.39, 0.29) is 21.7 Å². The molecule has 0 bridgehead atoms. The number of phenolic OH excluding ortho intramolecular Hbond substituents is 2. The number of phenols is 2. The van der Waals surface area contributed by atoms with E-state index in [1.54, 1.807) is 41.7 Å². The van der Waals surface area contributed by atoms with Crippen molar-refractivity contribution in [2.45, 2.75) is 4.58 Å². The van der Waals surface area contributed by atoms with Gasteiger partial charge in [0, 0.05) is 16.9 Å². The average molecular weight is 372 g/mol. The standard InChI is InChI=1S/C18H12O5S2/c19-10-7-9(18-24-5-6-25-18)12-13-15(23-16(12)14(10)20)8-3-1-2-4-11(8)22-17(13)21/h1-4,7,18-20H,5-6H2. The van der Waals surface area contributed by atoms with E-state index in [2.05, 4.69) is 0 Å². The summed E-state index contributed by atoms with van der Waals surface area (Å²) in [5.41, 5.74) is 1.19. The zero-order valence-electron chi connectivity index (χ0n) is 12.8. The van der Waals surface area contributed by atoms with Crippen LogP contribution in [0.15, 0.2) is 44.0 Å². The highest BCUT2D eigenvalue weighted by molar-refractivity contribution is 8.19. The fourth-order valence-corrected chi connectivity index (χ4v) is 6.17. The van der Waals surface area contributed by atoms with E-state index in [4.69, 9.17) is 8.83 Å². The number of aromatic hydroxyl groups is 2. The Labute approximate surface area is 149 Å². The first-order chi connectivity index (χ1) is 12.1. The van der Waals surface area contributed by atoms with Crippen LogP contribution in [-0.2, 0) is 0 Å². The number of para-hydroxylation sites is 1. The van der Waals surface area contributed by atoms with Gasteiger partial charge in [0.1, 0.15) is 11.0 Å². The Morgan fingerprint density at radius 2 is 1.76 bits per heavy atom. The fourth-order valence-electron chi connectivity index (χ4n) is 3.28. The molecule has 126 valence electrons. The Balaban J connectivity index is 2.02. The number of fused-ring (bicyclic) bond motifs is 5. The van der Waals surface area contributed by atoms with Crippen LogP contribution in [0.4, 0.5) is 0 Å². The van der Waals surface area contributed by atoms with Crippen LogP contribution in [0.2, 0.25) is 0 Å². The average Bonchev–Trinajstić information content (AvgIpc) is 3.26. The van der Waals surface area contributed by atoms with Crippen molar-refractivity contribution in [2.24, 2.45) is 0 Å². The van der Waals surface area contributed by atoms with Crippen molar-refractivity contribution in [3.8, 4) is 11.5 Å². The summed E-state index contributed by atoms with van der Waals surface area (Å²) >= 11 is 3.48. The van der Waals surface area contributed by atoms with Crippen molar-refractivity contribution < 1.29 is 19.0 Å². The van der Waals surface area contributed by atoms with Gasteiger partial charge < -0.3 is 19.0 Å². The highest BCUT2D eigenvalue weighted by atomic mass is 32.2. The maximum absolute atomic E-state index is 12.6. The number of hydrogen-bond acceptors (Lipinski definition) is 7. The highest BCUT2D eigenvalue weighted by Crippen LogP contribution is 2.52. The zero-order valence-corrected chi connectivity index (χ0v) is 14.4. The molecule has 0 unspecified atom stereocenters. The lowest BCUT2D eigenvalue weighted by atomic mass is 10.1. The van der Waals surface area contributed by atoms with E-state index in [1.165, 1.54) is 6.07 Å². The van der Waals surface area contributed by atoms with E-state index in [0.29, 0.717) is 27.3 Å². The Bertz CT molecular complexity index is 1200. The van der Waals surface area contributed by atoms with Crippen LogP contribution >= 0.6 is 23.5 Å².